The molecular formula is C17H19F2N3Si2. The molecule has 0 unspecified atom stereocenters. The zero-order chi connectivity index (χ0) is 16.8. The highest BCUT2D eigenvalue weighted by molar-refractivity contribution is 6.56. The van der Waals surface area contributed by atoms with Gasteiger partial charge in [-0.3, -0.25) is 4.68 Å². The van der Waals surface area contributed by atoms with Crippen LogP contribution in [0, 0.1) is 11.6 Å². The number of aromatic nitrogens is 3. The van der Waals surface area contributed by atoms with E-state index in [9.17, 15) is 8.78 Å². The van der Waals surface area contributed by atoms with Crippen LogP contribution in [0.25, 0.3) is 0 Å². The van der Waals surface area contributed by atoms with Crippen molar-refractivity contribution in [1.29, 1.82) is 0 Å². The maximum atomic E-state index is 13.0. The first kappa shape index (κ1) is 16.7. The van der Waals surface area contributed by atoms with Crippen LogP contribution in [-0.4, -0.2) is 33.8 Å². The number of benzene rings is 2. The molecule has 0 aliphatic rings. The fourth-order valence-corrected chi connectivity index (χ4v) is 8.07. The molecular weight excluding hydrogens is 340 g/mol. The van der Waals surface area contributed by atoms with E-state index in [1.807, 2.05) is 28.9 Å². The second-order valence-electron chi connectivity index (χ2n) is 5.86. The molecule has 0 saturated carbocycles. The molecule has 0 aliphatic carbocycles. The van der Waals surface area contributed by atoms with E-state index < -0.39 is 19.0 Å². The Labute approximate surface area is 144 Å². The highest BCUT2D eigenvalue weighted by Crippen LogP contribution is 2.10. The Hall–Kier alpha value is -2.13. The van der Waals surface area contributed by atoms with Crippen LogP contribution in [0.15, 0.2) is 61.2 Å². The summed E-state index contributed by atoms with van der Waals surface area (Å²) in [7, 11) is -0.905. The first-order valence-corrected chi connectivity index (χ1v) is 11.7. The summed E-state index contributed by atoms with van der Waals surface area (Å²) in [6, 6.07) is 15.6. The van der Waals surface area contributed by atoms with E-state index in [1.54, 1.807) is 12.7 Å². The molecule has 24 heavy (non-hydrogen) atoms. The van der Waals surface area contributed by atoms with E-state index >= 15 is 0 Å². The van der Waals surface area contributed by atoms with Gasteiger partial charge in [-0.1, -0.05) is 35.4 Å². The van der Waals surface area contributed by atoms with Crippen molar-refractivity contribution < 1.29 is 8.78 Å². The topological polar surface area (TPSA) is 30.7 Å². The third-order valence-corrected chi connectivity index (χ3v) is 10.4. The smallest absolute Gasteiger partial charge is 0.137 e. The van der Waals surface area contributed by atoms with Crippen LogP contribution in [0.1, 0.15) is 16.4 Å². The molecule has 0 fully saturated rings. The molecule has 124 valence electrons. The Balaban J connectivity index is 1.63. The van der Waals surface area contributed by atoms with Crippen molar-refractivity contribution in [1.82, 2.24) is 14.8 Å². The third-order valence-electron chi connectivity index (χ3n) is 4.17. The van der Waals surface area contributed by atoms with Crippen molar-refractivity contribution in [3.05, 3.63) is 83.9 Å². The Kier molecular flexibility index (Phi) is 5.65. The van der Waals surface area contributed by atoms with Crippen LogP contribution in [0.4, 0.5) is 8.78 Å². The molecule has 0 atom stereocenters. The van der Waals surface area contributed by atoms with Gasteiger partial charge in [-0.05, 0) is 36.4 Å². The molecule has 1 heterocycles. The average Bonchev–Trinajstić information content (AvgIpc) is 3.12. The second-order valence-corrected chi connectivity index (χ2v) is 11.1. The molecule has 0 aliphatic heterocycles. The van der Waals surface area contributed by atoms with Crippen LogP contribution in [0.5, 0.6) is 0 Å². The van der Waals surface area contributed by atoms with Crippen LogP contribution in [0.3, 0.4) is 0 Å². The lowest BCUT2D eigenvalue weighted by molar-refractivity contribution is 0.627. The minimum absolute atomic E-state index is 0.195. The third kappa shape index (κ3) is 4.68. The molecule has 0 N–H and O–H groups in total. The number of halogens is 2. The highest BCUT2D eigenvalue weighted by atomic mass is 28.3. The quantitative estimate of drug-likeness (QED) is 0.602. The van der Waals surface area contributed by atoms with Crippen molar-refractivity contribution in [2.75, 3.05) is 0 Å². The Bertz CT molecular complexity index is 697. The molecule has 2 aromatic carbocycles. The standard InChI is InChI=1S/C17H19F2N3Si2/c18-15-5-1-13(2-6-15)9-23-17(22-12-20-11-21-22)24-10-14-3-7-16(19)8-4-14/h1-8,11-12,17H,9-10,23-24H2. The monoisotopic (exact) mass is 359 g/mol. The van der Waals surface area contributed by atoms with Gasteiger partial charge in [0.1, 0.15) is 24.3 Å². The SMILES string of the molecule is Fc1ccc(C[SiH2]C([SiH2]Cc2ccc(F)cc2)n2cncn2)cc1. The van der Waals surface area contributed by atoms with Gasteiger partial charge in [0.25, 0.3) is 0 Å². The fourth-order valence-electron chi connectivity index (χ4n) is 2.78. The van der Waals surface area contributed by atoms with Gasteiger partial charge < -0.3 is 0 Å². The summed E-state index contributed by atoms with van der Waals surface area (Å²) >= 11 is 0. The first-order valence-electron chi connectivity index (χ1n) is 8.04. The maximum absolute atomic E-state index is 13.0. The molecule has 3 nitrogen and oxygen atoms in total. The molecule has 0 amide bonds. The van der Waals surface area contributed by atoms with E-state index in [1.165, 1.54) is 35.4 Å². The number of hydrogen-bond donors (Lipinski definition) is 0. The number of rotatable bonds is 7. The van der Waals surface area contributed by atoms with Gasteiger partial charge in [-0.15, -0.1) is 0 Å². The van der Waals surface area contributed by atoms with E-state index in [4.69, 9.17) is 0 Å². The van der Waals surface area contributed by atoms with Crippen molar-refractivity contribution in [2.24, 2.45) is 0 Å². The van der Waals surface area contributed by atoms with Gasteiger partial charge >= 0.3 is 0 Å². The van der Waals surface area contributed by atoms with Gasteiger partial charge in [-0.25, -0.2) is 13.8 Å². The van der Waals surface area contributed by atoms with Crippen LogP contribution in [0.2, 0.25) is 0 Å². The molecule has 0 spiro atoms. The Morgan fingerprint density at radius 2 is 1.33 bits per heavy atom. The molecule has 7 heteroatoms. The summed E-state index contributed by atoms with van der Waals surface area (Å²) in [5, 5.41) is 4.80. The Morgan fingerprint density at radius 3 is 1.75 bits per heavy atom. The summed E-state index contributed by atoms with van der Waals surface area (Å²) in [4.78, 5) is 4.07. The number of nitrogens with zero attached hydrogens (tertiary/aromatic N) is 3. The number of hydrogen-bond acceptors (Lipinski definition) is 2. The predicted molar refractivity (Wildman–Crippen MR) is 96.4 cm³/mol. The molecule has 1 aromatic heterocycles. The maximum Gasteiger partial charge on any atom is 0.137 e. The molecule has 0 radical (unpaired) electrons. The van der Waals surface area contributed by atoms with E-state index in [0.29, 0.717) is 5.29 Å². The molecule has 3 rings (SSSR count). The van der Waals surface area contributed by atoms with Crippen molar-refractivity contribution in [2.45, 2.75) is 17.4 Å². The lowest BCUT2D eigenvalue weighted by Crippen LogP contribution is -2.26. The summed E-state index contributed by atoms with van der Waals surface area (Å²) in [5.41, 5.74) is 2.37. The zero-order valence-corrected chi connectivity index (χ0v) is 16.1. The van der Waals surface area contributed by atoms with E-state index in [2.05, 4.69) is 10.1 Å². The predicted octanol–water partition coefficient (Wildman–Crippen LogP) is 1.75. The highest BCUT2D eigenvalue weighted by Gasteiger charge is 2.13. The minimum atomic E-state index is -0.452. The van der Waals surface area contributed by atoms with Gasteiger partial charge in [-0.2, -0.15) is 5.10 Å². The zero-order valence-electron chi connectivity index (χ0n) is 13.3. The van der Waals surface area contributed by atoms with Gasteiger partial charge in [0, 0.05) is 5.29 Å². The van der Waals surface area contributed by atoms with E-state index in [0.717, 1.165) is 12.1 Å². The lowest BCUT2D eigenvalue weighted by atomic mass is 10.2. The van der Waals surface area contributed by atoms with Crippen molar-refractivity contribution >= 4 is 19.0 Å². The summed E-state index contributed by atoms with van der Waals surface area (Å²) < 4.78 is 28.0. The summed E-state index contributed by atoms with van der Waals surface area (Å²) in [6.07, 6.45) is 3.37. The summed E-state index contributed by atoms with van der Waals surface area (Å²) in [5.74, 6) is -0.391. The van der Waals surface area contributed by atoms with Crippen LogP contribution < -0.4 is 0 Å². The fraction of sp³-hybridized carbons (Fsp3) is 0.176. The summed E-state index contributed by atoms with van der Waals surface area (Å²) in [6.45, 7) is 0. The first-order chi connectivity index (χ1) is 11.7. The molecule has 0 saturated heterocycles. The second kappa shape index (κ2) is 8.12. The van der Waals surface area contributed by atoms with Gasteiger partial charge in [0.2, 0.25) is 0 Å². The average molecular weight is 360 g/mol. The minimum Gasteiger partial charge on any atom is -0.257 e. The molecule has 0 bridgehead atoms. The van der Waals surface area contributed by atoms with Gasteiger partial charge in [0.05, 0.1) is 19.0 Å². The van der Waals surface area contributed by atoms with Gasteiger partial charge in [0.15, 0.2) is 0 Å². The Morgan fingerprint density at radius 1 is 0.833 bits per heavy atom. The van der Waals surface area contributed by atoms with Crippen molar-refractivity contribution in [3.63, 3.8) is 0 Å². The van der Waals surface area contributed by atoms with E-state index in [-0.39, 0.29) is 11.6 Å². The largest absolute Gasteiger partial charge is 0.257 e. The van der Waals surface area contributed by atoms with Crippen LogP contribution in [-0.2, 0) is 12.1 Å². The van der Waals surface area contributed by atoms with Crippen molar-refractivity contribution in [3.8, 4) is 0 Å². The normalized spacial score (nSPS) is 13.2. The lowest BCUT2D eigenvalue weighted by Gasteiger charge is -2.16. The molecule has 3 aromatic rings. The van der Waals surface area contributed by atoms with Crippen LogP contribution >= 0.6 is 0 Å².